The zero-order chi connectivity index (χ0) is 16.4. The third-order valence-electron chi connectivity index (χ3n) is 2.77. The molecule has 1 atom stereocenters. The Hall–Kier alpha value is -1.63. The number of hydrogen-bond acceptors (Lipinski definition) is 4. The minimum absolute atomic E-state index is 0.195. The molecule has 3 amide bonds. The van der Waals surface area contributed by atoms with E-state index >= 15 is 0 Å². The van der Waals surface area contributed by atoms with Gasteiger partial charge in [-0.1, -0.05) is 27.7 Å². The van der Waals surface area contributed by atoms with Crippen LogP contribution in [0.15, 0.2) is 0 Å². The van der Waals surface area contributed by atoms with Gasteiger partial charge in [-0.25, -0.2) is 4.79 Å². The number of carbonyl (C=O) groups is 3. The molecule has 4 N–H and O–H groups in total. The molecule has 0 bridgehead atoms. The second kappa shape index (κ2) is 10.1. The molecule has 0 aliphatic rings. The van der Waals surface area contributed by atoms with E-state index in [0.717, 1.165) is 6.42 Å². The fourth-order valence-electron chi connectivity index (χ4n) is 1.65. The highest BCUT2D eigenvalue weighted by molar-refractivity contribution is 5.95. The smallest absolute Gasteiger partial charge is 0.321 e. The van der Waals surface area contributed by atoms with Crippen LogP contribution in [0.25, 0.3) is 0 Å². The van der Waals surface area contributed by atoms with Crippen LogP contribution in [-0.2, 0) is 9.59 Å². The average Bonchev–Trinajstić information content (AvgIpc) is 2.33. The number of urea groups is 1. The van der Waals surface area contributed by atoms with Crippen molar-refractivity contribution in [2.75, 3.05) is 13.1 Å². The van der Waals surface area contributed by atoms with E-state index in [0.29, 0.717) is 18.9 Å². The minimum Gasteiger partial charge on any atom is -0.480 e. The zero-order valence-electron chi connectivity index (χ0n) is 13.2. The van der Waals surface area contributed by atoms with Gasteiger partial charge in [-0.05, 0) is 24.7 Å². The van der Waals surface area contributed by atoms with E-state index in [4.69, 9.17) is 5.11 Å². The van der Waals surface area contributed by atoms with Crippen LogP contribution in [0.3, 0.4) is 0 Å². The van der Waals surface area contributed by atoms with Crippen LogP contribution in [0.5, 0.6) is 0 Å². The van der Waals surface area contributed by atoms with Crippen molar-refractivity contribution in [2.24, 2.45) is 11.8 Å². The first-order valence-corrected chi connectivity index (χ1v) is 7.26. The lowest BCUT2D eigenvalue weighted by Crippen LogP contribution is -2.47. The number of carbonyl (C=O) groups excluding carboxylic acids is 2. The highest BCUT2D eigenvalue weighted by atomic mass is 16.4. The molecule has 7 heteroatoms. The second-order valence-electron chi connectivity index (χ2n) is 5.89. The lowest BCUT2D eigenvalue weighted by Gasteiger charge is -2.16. The third-order valence-corrected chi connectivity index (χ3v) is 2.77. The summed E-state index contributed by atoms with van der Waals surface area (Å²) < 4.78 is 0. The van der Waals surface area contributed by atoms with E-state index in [9.17, 15) is 14.4 Å². The fraction of sp³-hybridized carbons (Fsp3) is 0.786. The SMILES string of the molecule is CC(C)CCNC(=O)NC(=O)CNC(CC(C)C)C(=O)O. The molecular weight excluding hydrogens is 274 g/mol. The standard InChI is InChI=1S/C14H27N3O4/c1-9(2)5-6-15-14(21)17-12(18)8-16-11(13(19)20)7-10(3)4/h9-11,16H,5-8H2,1-4H3,(H,19,20)(H2,15,17,18,21). The summed E-state index contributed by atoms with van der Waals surface area (Å²) in [7, 11) is 0. The van der Waals surface area contributed by atoms with Gasteiger partial charge in [0.1, 0.15) is 6.04 Å². The molecule has 1 unspecified atom stereocenters. The number of imide groups is 1. The molecule has 0 rings (SSSR count). The van der Waals surface area contributed by atoms with Gasteiger partial charge in [0.05, 0.1) is 6.54 Å². The molecule has 0 aliphatic heterocycles. The number of aliphatic carboxylic acids is 1. The van der Waals surface area contributed by atoms with Gasteiger partial charge in [-0.15, -0.1) is 0 Å². The molecule has 0 saturated heterocycles. The third kappa shape index (κ3) is 10.8. The summed E-state index contributed by atoms with van der Waals surface area (Å²) in [5.41, 5.74) is 0. The van der Waals surface area contributed by atoms with Crippen molar-refractivity contribution in [1.29, 1.82) is 0 Å². The van der Waals surface area contributed by atoms with E-state index in [1.807, 2.05) is 27.7 Å². The molecule has 21 heavy (non-hydrogen) atoms. The maximum Gasteiger partial charge on any atom is 0.321 e. The lowest BCUT2D eigenvalue weighted by molar-refractivity contribution is -0.140. The first kappa shape index (κ1) is 19.4. The molecular formula is C14H27N3O4. The van der Waals surface area contributed by atoms with Gasteiger partial charge in [0.2, 0.25) is 5.91 Å². The Morgan fingerprint density at radius 2 is 1.67 bits per heavy atom. The highest BCUT2D eigenvalue weighted by Gasteiger charge is 2.19. The van der Waals surface area contributed by atoms with Gasteiger partial charge in [0.15, 0.2) is 0 Å². The number of hydrogen-bond donors (Lipinski definition) is 4. The van der Waals surface area contributed by atoms with E-state index in [1.165, 1.54) is 0 Å². The maximum atomic E-state index is 11.5. The summed E-state index contributed by atoms with van der Waals surface area (Å²) in [5.74, 6) is -0.888. The van der Waals surface area contributed by atoms with Crippen molar-refractivity contribution in [1.82, 2.24) is 16.0 Å². The average molecular weight is 301 g/mol. The van der Waals surface area contributed by atoms with Gasteiger partial charge in [-0.3, -0.25) is 20.2 Å². The summed E-state index contributed by atoms with van der Waals surface area (Å²) >= 11 is 0. The topological polar surface area (TPSA) is 108 Å². The van der Waals surface area contributed by atoms with Crippen LogP contribution in [-0.4, -0.2) is 42.1 Å². The van der Waals surface area contributed by atoms with E-state index in [-0.39, 0.29) is 12.5 Å². The van der Waals surface area contributed by atoms with Crippen molar-refractivity contribution in [3.05, 3.63) is 0 Å². The number of rotatable bonds is 9. The van der Waals surface area contributed by atoms with Crippen LogP contribution in [0.1, 0.15) is 40.5 Å². The van der Waals surface area contributed by atoms with Crippen molar-refractivity contribution < 1.29 is 19.5 Å². The molecule has 0 radical (unpaired) electrons. The van der Waals surface area contributed by atoms with E-state index in [1.54, 1.807) is 0 Å². The first-order chi connectivity index (χ1) is 9.72. The van der Waals surface area contributed by atoms with Crippen LogP contribution < -0.4 is 16.0 Å². The molecule has 7 nitrogen and oxygen atoms in total. The summed E-state index contributed by atoms with van der Waals surface area (Å²) in [6.07, 6.45) is 1.25. The van der Waals surface area contributed by atoms with Crippen LogP contribution in [0, 0.1) is 11.8 Å². The predicted octanol–water partition coefficient (Wildman–Crippen LogP) is 0.947. The predicted molar refractivity (Wildman–Crippen MR) is 79.9 cm³/mol. The van der Waals surface area contributed by atoms with Gasteiger partial charge >= 0.3 is 12.0 Å². The maximum absolute atomic E-state index is 11.5. The number of carboxylic acids is 1. The molecule has 0 spiro atoms. The quantitative estimate of drug-likeness (QED) is 0.507. The Morgan fingerprint density at radius 1 is 1.05 bits per heavy atom. The lowest BCUT2D eigenvalue weighted by atomic mass is 10.0. The highest BCUT2D eigenvalue weighted by Crippen LogP contribution is 2.04. The molecule has 122 valence electrons. The molecule has 0 saturated carbocycles. The van der Waals surface area contributed by atoms with E-state index < -0.39 is 23.9 Å². The Balaban J connectivity index is 4.01. The summed E-state index contributed by atoms with van der Waals surface area (Å²) in [6, 6.07) is -1.35. The van der Waals surface area contributed by atoms with Crippen molar-refractivity contribution >= 4 is 17.9 Å². The number of nitrogens with one attached hydrogen (secondary N) is 3. The molecule has 0 aliphatic carbocycles. The molecule has 0 fully saturated rings. The Morgan fingerprint density at radius 3 is 2.14 bits per heavy atom. The molecule has 0 heterocycles. The molecule has 0 aromatic rings. The molecule has 0 aromatic heterocycles. The van der Waals surface area contributed by atoms with Gasteiger partial charge in [0, 0.05) is 6.54 Å². The fourth-order valence-corrected chi connectivity index (χ4v) is 1.65. The Kier molecular flexibility index (Phi) is 9.36. The van der Waals surface area contributed by atoms with Gasteiger partial charge in [0.25, 0.3) is 0 Å². The van der Waals surface area contributed by atoms with Gasteiger partial charge in [-0.2, -0.15) is 0 Å². The number of amides is 3. The van der Waals surface area contributed by atoms with Gasteiger partial charge < -0.3 is 10.4 Å². The van der Waals surface area contributed by atoms with Crippen molar-refractivity contribution in [3.63, 3.8) is 0 Å². The summed E-state index contributed by atoms with van der Waals surface area (Å²) in [5, 5.41) is 16.4. The monoisotopic (exact) mass is 301 g/mol. The van der Waals surface area contributed by atoms with E-state index in [2.05, 4.69) is 16.0 Å². The normalized spacial score (nSPS) is 12.3. The number of carboxylic acid groups (broad SMARTS) is 1. The second-order valence-corrected chi connectivity index (χ2v) is 5.89. The largest absolute Gasteiger partial charge is 0.480 e. The first-order valence-electron chi connectivity index (χ1n) is 7.26. The summed E-state index contributed by atoms with van der Waals surface area (Å²) in [6.45, 7) is 8.17. The van der Waals surface area contributed by atoms with Crippen molar-refractivity contribution in [2.45, 2.75) is 46.6 Å². The molecule has 0 aromatic carbocycles. The summed E-state index contributed by atoms with van der Waals surface area (Å²) in [4.78, 5) is 33.9. The van der Waals surface area contributed by atoms with Crippen molar-refractivity contribution in [3.8, 4) is 0 Å². The minimum atomic E-state index is -1.00. The zero-order valence-corrected chi connectivity index (χ0v) is 13.2. The van der Waals surface area contributed by atoms with Crippen LogP contribution in [0.4, 0.5) is 4.79 Å². The van der Waals surface area contributed by atoms with Crippen LogP contribution in [0.2, 0.25) is 0 Å². The Bertz CT molecular complexity index is 356. The van der Waals surface area contributed by atoms with Crippen LogP contribution >= 0.6 is 0 Å². The Labute approximate surface area is 125 Å².